The molecule has 1 N–H and O–H groups in total. The Morgan fingerprint density at radius 3 is 2.39 bits per heavy atom. The zero-order valence-corrected chi connectivity index (χ0v) is 15.5. The van der Waals surface area contributed by atoms with E-state index in [1.807, 2.05) is 24.5 Å². The van der Waals surface area contributed by atoms with Crippen molar-refractivity contribution in [2.75, 3.05) is 7.05 Å². The summed E-state index contributed by atoms with van der Waals surface area (Å²) in [6.07, 6.45) is 0. The largest absolute Gasteiger partial charge is 0.309 e. The number of rotatable bonds is 3. The van der Waals surface area contributed by atoms with Gasteiger partial charge in [0.05, 0.1) is 6.04 Å². The number of aryl methyl sites for hydroxylation is 1. The molecule has 0 aliphatic heterocycles. The highest BCUT2D eigenvalue weighted by molar-refractivity contribution is 9.11. The van der Waals surface area contributed by atoms with E-state index in [0.717, 1.165) is 8.95 Å². The summed E-state index contributed by atoms with van der Waals surface area (Å²) in [5.41, 5.74) is 1.24. The maximum absolute atomic E-state index is 3.63. The first-order valence-corrected chi connectivity index (χ1v) is 8.60. The maximum Gasteiger partial charge on any atom is 0.0680 e. The summed E-state index contributed by atoms with van der Waals surface area (Å²) < 4.78 is 3.38. The normalized spacial score (nSPS) is 12.7. The van der Waals surface area contributed by atoms with Crippen LogP contribution in [0.5, 0.6) is 0 Å². The standard InChI is InChI=1S/C13H12Br3NS/c1-7-11(16)6-12(18-7)13(17-2)9-5-8(14)3-4-10(9)15/h3-6,13,17H,1-2H3. The molecule has 1 aromatic carbocycles. The van der Waals surface area contributed by atoms with Crippen molar-refractivity contribution in [3.8, 4) is 0 Å². The van der Waals surface area contributed by atoms with Crippen LogP contribution in [-0.2, 0) is 0 Å². The van der Waals surface area contributed by atoms with Gasteiger partial charge in [0.25, 0.3) is 0 Å². The second-order valence-electron chi connectivity index (χ2n) is 3.94. The molecule has 0 fully saturated rings. The maximum atomic E-state index is 3.63. The molecule has 5 heteroatoms. The minimum atomic E-state index is 0.201. The highest BCUT2D eigenvalue weighted by Crippen LogP contribution is 2.36. The van der Waals surface area contributed by atoms with E-state index in [4.69, 9.17) is 0 Å². The molecule has 0 amide bonds. The van der Waals surface area contributed by atoms with Crippen LogP contribution < -0.4 is 5.32 Å². The fourth-order valence-electron chi connectivity index (χ4n) is 1.81. The molecule has 2 rings (SSSR count). The molecule has 1 heterocycles. The van der Waals surface area contributed by atoms with Crippen molar-refractivity contribution >= 4 is 59.1 Å². The van der Waals surface area contributed by atoms with Crippen LogP contribution in [0.2, 0.25) is 0 Å². The van der Waals surface area contributed by atoms with Crippen molar-refractivity contribution in [2.45, 2.75) is 13.0 Å². The third kappa shape index (κ3) is 3.07. The first-order valence-electron chi connectivity index (χ1n) is 5.41. The summed E-state index contributed by atoms with van der Waals surface area (Å²) in [6.45, 7) is 2.13. The molecular weight excluding hydrogens is 442 g/mol. The first-order chi connectivity index (χ1) is 8.52. The van der Waals surface area contributed by atoms with Crippen LogP contribution in [0.1, 0.15) is 21.4 Å². The van der Waals surface area contributed by atoms with E-state index in [2.05, 4.69) is 78.2 Å². The first kappa shape index (κ1) is 14.7. The number of halogens is 3. The summed E-state index contributed by atoms with van der Waals surface area (Å²) in [6, 6.07) is 8.64. The number of thiophene rings is 1. The second-order valence-corrected chi connectivity index (χ2v) is 7.85. The van der Waals surface area contributed by atoms with E-state index in [0.29, 0.717) is 0 Å². The zero-order chi connectivity index (χ0) is 13.3. The van der Waals surface area contributed by atoms with Gasteiger partial charge in [0.1, 0.15) is 0 Å². The molecule has 1 atom stereocenters. The van der Waals surface area contributed by atoms with Crippen molar-refractivity contribution in [1.29, 1.82) is 0 Å². The van der Waals surface area contributed by atoms with Crippen LogP contribution in [0, 0.1) is 6.92 Å². The van der Waals surface area contributed by atoms with Crippen LogP contribution in [0.3, 0.4) is 0 Å². The predicted molar refractivity (Wildman–Crippen MR) is 89.5 cm³/mol. The molecule has 1 aromatic heterocycles. The Labute approximate surface area is 136 Å². The fourth-order valence-corrected chi connectivity index (χ4v) is 4.36. The lowest BCUT2D eigenvalue weighted by molar-refractivity contribution is 0.700. The SMILES string of the molecule is CNC(c1cc(Br)c(C)s1)c1cc(Br)ccc1Br. The summed E-state index contributed by atoms with van der Waals surface area (Å²) in [7, 11) is 1.99. The Hall–Kier alpha value is 0.320. The Kier molecular flexibility index (Phi) is 5.06. The van der Waals surface area contributed by atoms with Crippen LogP contribution in [-0.4, -0.2) is 7.05 Å². The lowest BCUT2D eigenvalue weighted by Gasteiger charge is -2.17. The summed E-state index contributed by atoms with van der Waals surface area (Å²) in [5, 5.41) is 3.38. The highest BCUT2D eigenvalue weighted by atomic mass is 79.9. The quantitative estimate of drug-likeness (QED) is 0.633. The lowest BCUT2D eigenvalue weighted by atomic mass is 10.1. The van der Waals surface area contributed by atoms with Crippen molar-refractivity contribution < 1.29 is 0 Å². The molecule has 1 nitrogen and oxygen atoms in total. The third-order valence-corrected chi connectivity index (χ3v) is 6.14. The van der Waals surface area contributed by atoms with Crippen LogP contribution in [0.15, 0.2) is 37.7 Å². The fraction of sp³-hybridized carbons (Fsp3) is 0.231. The molecule has 18 heavy (non-hydrogen) atoms. The van der Waals surface area contributed by atoms with Crippen molar-refractivity contribution in [1.82, 2.24) is 5.32 Å². The molecule has 0 radical (unpaired) electrons. The summed E-state index contributed by atoms with van der Waals surface area (Å²) in [4.78, 5) is 2.61. The van der Waals surface area contributed by atoms with Gasteiger partial charge in [-0.3, -0.25) is 0 Å². The second kappa shape index (κ2) is 6.18. The van der Waals surface area contributed by atoms with Gasteiger partial charge >= 0.3 is 0 Å². The average molecular weight is 454 g/mol. The van der Waals surface area contributed by atoms with Gasteiger partial charge in [-0.25, -0.2) is 0 Å². The van der Waals surface area contributed by atoms with Gasteiger partial charge in [0.2, 0.25) is 0 Å². The topological polar surface area (TPSA) is 12.0 Å². The smallest absolute Gasteiger partial charge is 0.0680 e. The van der Waals surface area contributed by atoms with Gasteiger partial charge in [-0.15, -0.1) is 11.3 Å². The number of hydrogen-bond donors (Lipinski definition) is 1. The minimum absolute atomic E-state index is 0.201. The average Bonchev–Trinajstić information content (AvgIpc) is 2.65. The molecule has 96 valence electrons. The van der Waals surface area contributed by atoms with E-state index in [9.17, 15) is 0 Å². The highest BCUT2D eigenvalue weighted by Gasteiger charge is 2.18. The third-order valence-electron chi connectivity index (χ3n) is 2.72. The van der Waals surface area contributed by atoms with Crippen LogP contribution in [0.25, 0.3) is 0 Å². The molecule has 1 unspecified atom stereocenters. The Morgan fingerprint density at radius 2 is 1.83 bits per heavy atom. The molecule has 0 aliphatic rings. The number of nitrogens with one attached hydrogen (secondary N) is 1. The molecule has 0 saturated heterocycles. The van der Waals surface area contributed by atoms with Gasteiger partial charge in [-0.1, -0.05) is 31.9 Å². The Bertz CT molecular complexity index is 546. The van der Waals surface area contributed by atoms with E-state index in [1.54, 1.807) is 0 Å². The van der Waals surface area contributed by atoms with Gasteiger partial charge in [0, 0.05) is 23.2 Å². The summed E-state index contributed by atoms with van der Waals surface area (Å²) >= 11 is 12.5. The minimum Gasteiger partial charge on any atom is -0.309 e. The monoisotopic (exact) mass is 451 g/mol. The predicted octanol–water partition coefficient (Wildman–Crippen LogP) is 5.65. The molecule has 0 saturated carbocycles. The Morgan fingerprint density at radius 1 is 1.11 bits per heavy atom. The van der Waals surface area contributed by atoms with E-state index >= 15 is 0 Å². The number of hydrogen-bond acceptors (Lipinski definition) is 2. The van der Waals surface area contributed by atoms with Gasteiger partial charge in [0.15, 0.2) is 0 Å². The van der Waals surface area contributed by atoms with Gasteiger partial charge in [-0.05, 0) is 59.7 Å². The van der Waals surface area contributed by atoms with E-state index in [1.165, 1.54) is 19.8 Å². The molecular formula is C13H12Br3NS. The van der Waals surface area contributed by atoms with Gasteiger partial charge in [-0.2, -0.15) is 0 Å². The zero-order valence-electron chi connectivity index (χ0n) is 9.93. The molecule has 0 bridgehead atoms. The van der Waals surface area contributed by atoms with Crippen molar-refractivity contribution in [3.63, 3.8) is 0 Å². The van der Waals surface area contributed by atoms with Gasteiger partial charge < -0.3 is 5.32 Å². The summed E-state index contributed by atoms with van der Waals surface area (Å²) in [5.74, 6) is 0. The molecule has 0 spiro atoms. The Balaban J connectivity index is 2.48. The van der Waals surface area contributed by atoms with E-state index in [-0.39, 0.29) is 6.04 Å². The molecule has 2 aromatic rings. The van der Waals surface area contributed by atoms with Crippen LogP contribution in [0.4, 0.5) is 0 Å². The number of benzene rings is 1. The molecule has 0 aliphatic carbocycles. The van der Waals surface area contributed by atoms with Crippen LogP contribution >= 0.6 is 59.1 Å². The lowest BCUT2D eigenvalue weighted by Crippen LogP contribution is -2.17. The van der Waals surface area contributed by atoms with Crippen molar-refractivity contribution in [2.24, 2.45) is 0 Å². The van der Waals surface area contributed by atoms with Crippen molar-refractivity contribution in [3.05, 3.63) is 53.0 Å². The van der Waals surface area contributed by atoms with E-state index < -0.39 is 0 Å².